The van der Waals surface area contributed by atoms with Crippen LogP contribution in [0.2, 0.25) is 0 Å². The smallest absolute Gasteiger partial charge is 0.0668 e. The molecule has 1 fully saturated rings. The van der Waals surface area contributed by atoms with Gasteiger partial charge in [0.05, 0.1) is 12.2 Å². The third kappa shape index (κ3) is 2.22. The third-order valence-corrected chi connectivity index (χ3v) is 3.26. The summed E-state index contributed by atoms with van der Waals surface area (Å²) in [5.41, 5.74) is -0.0146. The molecule has 0 aromatic rings. The highest BCUT2D eigenvalue weighted by Gasteiger charge is 2.39. The van der Waals surface area contributed by atoms with Crippen molar-refractivity contribution in [1.82, 2.24) is 4.90 Å². The Bertz CT molecular complexity index is 180. The molecule has 1 aliphatic heterocycles. The topological polar surface area (TPSA) is 43.7 Å². The van der Waals surface area contributed by atoms with E-state index in [1.165, 1.54) is 0 Å². The molecule has 0 aliphatic carbocycles. The molecule has 2 N–H and O–H groups in total. The summed E-state index contributed by atoms with van der Waals surface area (Å²) in [7, 11) is 2.02. The maximum absolute atomic E-state index is 9.64. The number of aliphatic hydroxyl groups excluding tert-OH is 2. The van der Waals surface area contributed by atoms with Crippen molar-refractivity contribution >= 4 is 0 Å². The SMILES string of the molecule is CC(O)[C@@H]1CC(O)CC(C)(C)N1C. The minimum atomic E-state index is -0.376. The van der Waals surface area contributed by atoms with Crippen LogP contribution in [0.5, 0.6) is 0 Å². The minimum absolute atomic E-state index is 0.0146. The molecule has 3 atom stereocenters. The molecule has 3 heteroatoms. The Morgan fingerprint density at radius 3 is 2.46 bits per heavy atom. The maximum Gasteiger partial charge on any atom is 0.0668 e. The quantitative estimate of drug-likeness (QED) is 0.632. The molecular formula is C10H21NO2. The maximum atomic E-state index is 9.64. The van der Waals surface area contributed by atoms with Crippen molar-refractivity contribution in [2.45, 2.75) is 57.4 Å². The second-order valence-electron chi connectivity index (χ2n) is 4.82. The lowest BCUT2D eigenvalue weighted by Gasteiger charge is -2.48. The van der Waals surface area contributed by atoms with Gasteiger partial charge in [0.15, 0.2) is 0 Å². The van der Waals surface area contributed by atoms with Gasteiger partial charge in [0.2, 0.25) is 0 Å². The van der Waals surface area contributed by atoms with E-state index in [4.69, 9.17) is 0 Å². The zero-order valence-corrected chi connectivity index (χ0v) is 8.99. The Balaban J connectivity index is 2.75. The first-order chi connectivity index (χ1) is 5.84. The lowest BCUT2D eigenvalue weighted by atomic mass is 9.83. The van der Waals surface area contributed by atoms with E-state index in [2.05, 4.69) is 18.7 Å². The van der Waals surface area contributed by atoms with Gasteiger partial charge in [-0.1, -0.05) is 0 Å². The van der Waals surface area contributed by atoms with Crippen LogP contribution in [0.25, 0.3) is 0 Å². The van der Waals surface area contributed by atoms with Gasteiger partial charge in [0.25, 0.3) is 0 Å². The van der Waals surface area contributed by atoms with Crippen LogP contribution in [0.1, 0.15) is 33.6 Å². The molecule has 1 aliphatic rings. The molecule has 0 saturated carbocycles. The molecular weight excluding hydrogens is 166 g/mol. The average molecular weight is 187 g/mol. The summed E-state index contributed by atoms with van der Waals surface area (Å²) in [4.78, 5) is 2.17. The first-order valence-electron chi connectivity index (χ1n) is 4.93. The fourth-order valence-corrected chi connectivity index (χ4v) is 2.21. The Morgan fingerprint density at radius 2 is 2.00 bits per heavy atom. The number of hydrogen-bond donors (Lipinski definition) is 2. The summed E-state index contributed by atoms with van der Waals surface area (Å²) < 4.78 is 0. The van der Waals surface area contributed by atoms with E-state index >= 15 is 0 Å². The van der Waals surface area contributed by atoms with Gasteiger partial charge in [0.1, 0.15) is 0 Å². The zero-order valence-electron chi connectivity index (χ0n) is 8.99. The van der Waals surface area contributed by atoms with E-state index in [0.29, 0.717) is 6.42 Å². The van der Waals surface area contributed by atoms with Crippen molar-refractivity contribution in [2.24, 2.45) is 0 Å². The Labute approximate surface area is 80.4 Å². The fraction of sp³-hybridized carbons (Fsp3) is 1.00. The van der Waals surface area contributed by atoms with Crippen molar-refractivity contribution in [3.63, 3.8) is 0 Å². The lowest BCUT2D eigenvalue weighted by Crippen LogP contribution is -2.57. The highest BCUT2D eigenvalue weighted by molar-refractivity contribution is 4.94. The molecule has 2 unspecified atom stereocenters. The van der Waals surface area contributed by atoms with Crippen molar-refractivity contribution in [3.8, 4) is 0 Å². The van der Waals surface area contributed by atoms with Crippen molar-refractivity contribution < 1.29 is 10.2 Å². The second kappa shape index (κ2) is 3.56. The molecule has 78 valence electrons. The highest BCUT2D eigenvalue weighted by atomic mass is 16.3. The van der Waals surface area contributed by atoms with E-state index < -0.39 is 0 Å². The van der Waals surface area contributed by atoms with Gasteiger partial charge in [-0.2, -0.15) is 0 Å². The molecule has 1 rings (SSSR count). The molecule has 1 saturated heterocycles. The van der Waals surface area contributed by atoms with Crippen LogP contribution in [0.4, 0.5) is 0 Å². The van der Waals surface area contributed by atoms with E-state index in [-0.39, 0.29) is 23.8 Å². The largest absolute Gasteiger partial charge is 0.393 e. The monoisotopic (exact) mass is 187 g/mol. The molecule has 0 bridgehead atoms. The number of likely N-dealkylation sites (N-methyl/N-ethyl adjacent to an activating group) is 1. The average Bonchev–Trinajstić information content (AvgIpc) is 1.95. The first kappa shape index (κ1) is 11.0. The Hall–Kier alpha value is -0.120. The van der Waals surface area contributed by atoms with Crippen LogP contribution in [-0.4, -0.2) is 45.9 Å². The molecule has 0 radical (unpaired) electrons. The third-order valence-electron chi connectivity index (χ3n) is 3.26. The van der Waals surface area contributed by atoms with E-state index in [1.54, 1.807) is 6.92 Å². The van der Waals surface area contributed by atoms with E-state index in [1.807, 2.05) is 7.05 Å². The van der Waals surface area contributed by atoms with Crippen LogP contribution < -0.4 is 0 Å². The molecule has 1 heterocycles. The normalized spacial score (nSPS) is 37.4. The summed E-state index contributed by atoms with van der Waals surface area (Å²) in [5.74, 6) is 0. The van der Waals surface area contributed by atoms with E-state index in [9.17, 15) is 10.2 Å². The van der Waals surface area contributed by atoms with Crippen LogP contribution in [-0.2, 0) is 0 Å². The zero-order chi connectivity index (χ0) is 10.2. The van der Waals surface area contributed by atoms with Gasteiger partial charge in [-0.25, -0.2) is 0 Å². The van der Waals surface area contributed by atoms with Crippen LogP contribution in [0.3, 0.4) is 0 Å². The predicted molar refractivity (Wildman–Crippen MR) is 52.6 cm³/mol. The number of likely N-dealkylation sites (tertiary alicyclic amines) is 1. The first-order valence-corrected chi connectivity index (χ1v) is 4.93. The molecule has 0 amide bonds. The van der Waals surface area contributed by atoms with Crippen molar-refractivity contribution in [2.75, 3.05) is 7.05 Å². The molecule has 0 aromatic carbocycles. The Kier molecular flexibility index (Phi) is 3.00. The molecule has 0 aromatic heterocycles. The van der Waals surface area contributed by atoms with Gasteiger partial charge < -0.3 is 10.2 Å². The fourth-order valence-electron chi connectivity index (χ4n) is 2.21. The molecule has 0 spiro atoms. The van der Waals surface area contributed by atoms with E-state index in [0.717, 1.165) is 6.42 Å². The van der Waals surface area contributed by atoms with Crippen molar-refractivity contribution in [3.05, 3.63) is 0 Å². The van der Waals surface area contributed by atoms with Gasteiger partial charge >= 0.3 is 0 Å². The summed E-state index contributed by atoms with van der Waals surface area (Å²) in [6, 6.07) is 0.0822. The minimum Gasteiger partial charge on any atom is -0.393 e. The van der Waals surface area contributed by atoms with Crippen LogP contribution in [0, 0.1) is 0 Å². The second-order valence-corrected chi connectivity index (χ2v) is 4.82. The summed E-state index contributed by atoms with van der Waals surface area (Å²) in [5, 5.41) is 19.2. The standard InChI is InChI=1S/C10H21NO2/c1-7(12)9-5-8(13)6-10(2,3)11(9)4/h7-9,12-13H,5-6H2,1-4H3/t7?,8?,9-/m0/s1. The summed E-state index contributed by atoms with van der Waals surface area (Å²) >= 11 is 0. The lowest BCUT2D eigenvalue weighted by molar-refractivity contribution is -0.0647. The van der Waals surface area contributed by atoms with Crippen molar-refractivity contribution in [1.29, 1.82) is 0 Å². The molecule has 13 heavy (non-hydrogen) atoms. The van der Waals surface area contributed by atoms with Gasteiger partial charge in [-0.15, -0.1) is 0 Å². The highest BCUT2D eigenvalue weighted by Crippen LogP contribution is 2.31. The molecule has 3 nitrogen and oxygen atoms in total. The number of nitrogens with zero attached hydrogens (tertiary/aromatic N) is 1. The Morgan fingerprint density at radius 1 is 1.46 bits per heavy atom. The van der Waals surface area contributed by atoms with Crippen LogP contribution in [0.15, 0.2) is 0 Å². The number of rotatable bonds is 1. The number of hydrogen-bond acceptors (Lipinski definition) is 3. The van der Waals surface area contributed by atoms with Gasteiger partial charge in [0, 0.05) is 11.6 Å². The summed E-state index contributed by atoms with van der Waals surface area (Å²) in [6.45, 7) is 5.99. The predicted octanol–water partition coefficient (Wildman–Crippen LogP) is 0.601. The van der Waals surface area contributed by atoms with Gasteiger partial charge in [-0.3, -0.25) is 4.90 Å². The van der Waals surface area contributed by atoms with Gasteiger partial charge in [-0.05, 0) is 40.7 Å². The van der Waals surface area contributed by atoms with Crippen LogP contribution >= 0.6 is 0 Å². The number of aliphatic hydroxyl groups is 2. The summed E-state index contributed by atoms with van der Waals surface area (Å²) in [6.07, 6.45) is 0.814. The number of piperidine rings is 1.